The average molecular weight is 285 g/mol. The van der Waals surface area contributed by atoms with Crippen LogP contribution in [-0.2, 0) is 11.8 Å². The number of piperidine rings is 1. The Morgan fingerprint density at radius 1 is 1.38 bits per heavy atom. The lowest BCUT2D eigenvalue weighted by Crippen LogP contribution is -2.64. The predicted octanol–water partition coefficient (Wildman–Crippen LogP) is 1.16. The van der Waals surface area contributed by atoms with Gasteiger partial charge in [-0.2, -0.15) is 0 Å². The lowest BCUT2D eigenvalue weighted by atomic mass is 9.54. The monoisotopic (exact) mass is 285 g/mol. The van der Waals surface area contributed by atoms with Gasteiger partial charge in [-0.15, -0.1) is 0 Å². The molecule has 1 saturated heterocycles. The number of hydrogen-bond donors (Lipinski definition) is 2. The third-order valence-electron chi connectivity index (χ3n) is 5.88. The zero-order chi connectivity index (χ0) is 14.2. The van der Waals surface area contributed by atoms with E-state index in [4.69, 9.17) is 9.47 Å². The van der Waals surface area contributed by atoms with Crippen molar-refractivity contribution in [3.63, 3.8) is 0 Å². The highest BCUT2D eigenvalue weighted by Gasteiger charge is 2.63. The van der Waals surface area contributed by atoms with E-state index >= 15 is 0 Å². The standard InChI is InChI=1S/C17H19NO3/c1-20-13-5-2-9-8-11-10-3-4-12(19)16-17(10,6-7-18-11)14(9)15(13)21-16/h2-5,10-12,16,18-19H,6-8H2,1H3/t10-,11+,12-,16-,17+/m0/s1. The van der Waals surface area contributed by atoms with Crippen LogP contribution in [0.1, 0.15) is 17.5 Å². The summed E-state index contributed by atoms with van der Waals surface area (Å²) in [5.74, 6) is 2.06. The van der Waals surface area contributed by atoms with Gasteiger partial charge >= 0.3 is 0 Å². The molecule has 4 heteroatoms. The van der Waals surface area contributed by atoms with Crippen LogP contribution in [0.25, 0.3) is 0 Å². The Labute approximate surface area is 123 Å². The molecule has 1 spiro atoms. The van der Waals surface area contributed by atoms with Gasteiger partial charge in [0.1, 0.15) is 12.2 Å². The van der Waals surface area contributed by atoms with Crippen molar-refractivity contribution in [1.82, 2.24) is 5.32 Å². The minimum atomic E-state index is -0.539. The summed E-state index contributed by atoms with van der Waals surface area (Å²) in [6, 6.07) is 4.62. The summed E-state index contributed by atoms with van der Waals surface area (Å²) >= 11 is 0. The number of rotatable bonds is 1. The van der Waals surface area contributed by atoms with Gasteiger partial charge in [-0.05, 0) is 31.0 Å². The lowest BCUT2D eigenvalue weighted by Gasteiger charge is -2.53. The minimum absolute atomic E-state index is 0.0818. The number of methoxy groups -OCH3 is 1. The first-order valence-electron chi connectivity index (χ1n) is 7.72. The third-order valence-corrected chi connectivity index (χ3v) is 5.88. The number of benzene rings is 1. The molecule has 21 heavy (non-hydrogen) atoms. The maximum Gasteiger partial charge on any atom is 0.165 e. The second-order valence-corrected chi connectivity index (χ2v) is 6.63. The SMILES string of the molecule is COc1ccc2c3c1O[C@H]1[C@@H](O)C=C[C@H]4[C@@H](C2)NCC[C@]341. The van der Waals surface area contributed by atoms with Gasteiger partial charge in [-0.3, -0.25) is 0 Å². The molecule has 4 nitrogen and oxygen atoms in total. The van der Waals surface area contributed by atoms with E-state index in [-0.39, 0.29) is 11.5 Å². The van der Waals surface area contributed by atoms with Crippen molar-refractivity contribution in [3.8, 4) is 11.5 Å². The van der Waals surface area contributed by atoms with Crippen LogP contribution in [0, 0.1) is 5.92 Å². The van der Waals surface area contributed by atoms with Crippen LogP contribution in [0.5, 0.6) is 11.5 Å². The first-order valence-corrected chi connectivity index (χ1v) is 7.72. The van der Waals surface area contributed by atoms with Gasteiger partial charge in [0.25, 0.3) is 0 Å². The predicted molar refractivity (Wildman–Crippen MR) is 77.8 cm³/mol. The van der Waals surface area contributed by atoms with E-state index < -0.39 is 6.10 Å². The van der Waals surface area contributed by atoms with Gasteiger partial charge in [0.2, 0.25) is 0 Å². The number of hydrogen-bond acceptors (Lipinski definition) is 4. The number of ether oxygens (including phenoxy) is 2. The van der Waals surface area contributed by atoms with Crippen LogP contribution in [0.4, 0.5) is 0 Å². The Kier molecular flexibility index (Phi) is 2.19. The fourth-order valence-corrected chi connectivity index (χ4v) is 5.13. The summed E-state index contributed by atoms with van der Waals surface area (Å²) in [4.78, 5) is 0. The first-order chi connectivity index (χ1) is 10.3. The normalized spacial score (nSPS) is 41.4. The van der Waals surface area contributed by atoms with Gasteiger partial charge in [0.05, 0.1) is 7.11 Å². The summed E-state index contributed by atoms with van der Waals surface area (Å²) < 4.78 is 11.8. The largest absolute Gasteiger partial charge is 0.493 e. The average Bonchev–Trinajstić information content (AvgIpc) is 2.83. The summed E-state index contributed by atoms with van der Waals surface area (Å²) in [7, 11) is 1.68. The highest BCUT2D eigenvalue weighted by Crippen LogP contribution is 2.61. The van der Waals surface area contributed by atoms with Gasteiger partial charge in [-0.1, -0.05) is 18.2 Å². The van der Waals surface area contributed by atoms with Crippen molar-refractivity contribution < 1.29 is 14.6 Å². The molecule has 5 rings (SSSR count). The second-order valence-electron chi connectivity index (χ2n) is 6.63. The Balaban J connectivity index is 1.84. The summed E-state index contributed by atoms with van der Waals surface area (Å²) in [6.45, 7) is 0.984. The highest BCUT2D eigenvalue weighted by molar-refractivity contribution is 5.62. The molecule has 0 unspecified atom stereocenters. The number of nitrogens with one attached hydrogen (secondary N) is 1. The van der Waals surface area contributed by atoms with Crippen molar-refractivity contribution in [1.29, 1.82) is 0 Å². The molecular formula is C17H19NO3. The smallest absolute Gasteiger partial charge is 0.165 e. The Hall–Kier alpha value is -1.52. The van der Waals surface area contributed by atoms with Crippen LogP contribution < -0.4 is 14.8 Å². The van der Waals surface area contributed by atoms with E-state index in [9.17, 15) is 5.11 Å². The topological polar surface area (TPSA) is 50.7 Å². The Bertz CT molecular complexity index is 656. The molecule has 2 heterocycles. The van der Waals surface area contributed by atoms with E-state index in [0.29, 0.717) is 12.0 Å². The van der Waals surface area contributed by atoms with Gasteiger partial charge in [0.15, 0.2) is 11.5 Å². The zero-order valence-electron chi connectivity index (χ0n) is 12.0. The van der Waals surface area contributed by atoms with E-state index in [0.717, 1.165) is 30.9 Å². The zero-order valence-corrected chi connectivity index (χ0v) is 12.0. The van der Waals surface area contributed by atoms with Crippen LogP contribution >= 0.6 is 0 Å². The summed E-state index contributed by atoms with van der Waals surface area (Å²) in [5, 5.41) is 14.1. The third kappa shape index (κ3) is 1.25. The van der Waals surface area contributed by atoms with Gasteiger partial charge in [-0.25, -0.2) is 0 Å². The maximum atomic E-state index is 10.5. The van der Waals surface area contributed by atoms with E-state index in [1.54, 1.807) is 7.11 Å². The van der Waals surface area contributed by atoms with Crippen LogP contribution in [-0.4, -0.2) is 37.0 Å². The van der Waals surface area contributed by atoms with Crippen molar-refractivity contribution in [2.24, 2.45) is 5.92 Å². The van der Waals surface area contributed by atoms with Crippen LogP contribution in [0.15, 0.2) is 24.3 Å². The molecule has 2 aliphatic carbocycles. The van der Waals surface area contributed by atoms with Crippen molar-refractivity contribution >= 4 is 0 Å². The van der Waals surface area contributed by atoms with Gasteiger partial charge in [0, 0.05) is 22.9 Å². The highest BCUT2D eigenvalue weighted by atomic mass is 16.5. The van der Waals surface area contributed by atoms with E-state index in [1.165, 1.54) is 11.1 Å². The molecule has 0 radical (unpaired) electrons. The van der Waals surface area contributed by atoms with Crippen LogP contribution in [0.2, 0.25) is 0 Å². The molecule has 2 N–H and O–H groups in total. The quantitative estimate of drug-likeness (QED) is 0.760. The van der Waals surface area contributed by atoms with E-state index in [1.807, 2.05) is 12.1 Å². The lowest BCUT2D eigenvalue weighted by molar-refractivity contribution is -0.0177. The molecule has 1 aromatic carbocycles. The molecule has 110 valence electrons. The van der Waals surface area contributed by atoms with Crippen molar-refractivity contribution in [3.05, 3.63) is 35.4 Å². The van der Waals surface area contributed by atoms with E-state index in [2.05, 4.69) is 17.5 Å². The first kappa shape index (κ1) is 12.1. The van der Waals surface area contributed by atoms with Gasteiger partial charge < -0.3 is 19.9 Å². The molecule has 0 amide bonds. The fraction of sp³-hybridized carbons (Fsp3) is 0.529. The molecule has 4 aliphatic rings. The summed E-state index contributed by atoms with van der Waals surface area (Å²) in [6.07, 6.45) is 5.43. The fourth-order valence-electron chi connectivity index (χ4n) is 5.13. The number of aliphatic hydroxyl groups is 1. The Morgan fingerprint density at radius 2 is 2.29 bits per heavy atom. The summed E-state index contributed by atoms with van der Waals surface area (Å²) in [5.41, 5.74) is 2.57. The molecule has 0 saturated carbocycles. The molecule has 2 aliphatic heterocycles. The minimum Gasteiger partial charge on any atom is -0.493 e. The second kappa shape index (κ2) is 3.81. The molecule has 1 aromatic rings. The van der Waals surface area contributed by atoms with Crippen molar-refractivity contribution in [2.75, 3.05) is 13.7 Å². The molecule has 5 atom stereocenters. The molecule has 0 aromatic heterocycles. The molecule has 2 bridgehead atoms. The molecular weight excluding hydrogens is 266 g/mol. The maximum absolute atomic E-state index is 10.5. The Morgan fingerprint density at radius 3 is 3.14 bits per heavy atom. The van der Waals surface area contributed by atoms with Crippen LogP contribution in [0.3, 0.4) is 0 Å². The molecule has 1 fully saturated rings. The number of aliphatic hydroxyl groups excluding tert-OH is 1. The van der Waals surface area contributed by atoms with Crippen molar-refractivity contribution in [2.45, 2.75) is 36.5 Å².